The summed E-state index contributed by atoms with van der Waals surface area (Å²) < 4.78 is 22.3. The fourth-order valence-corrected chi connectivity index (χ4v) is 3.93. The van der Waals surface area contributed by atoms with E-state index in [4.69, 9.17) is 18.6 Å². The summed E-state index contributed by atoms with van der Waals surface area (Å²) in [5.41, 5.74) is 3.93. The maximum Gasteiger partial charge on any atom is 0.336 e. The van der Waals surface area contributed by atoms with E-state index >= 15 is 0 Å². The number of hydrogen-bond donors (Lipinski definition) is 0. The van der Waals surface area contributed by atoms with Crippen LogP contribution in [0.3, 0.4) is 0 Å². The van der Waals surface area contributed by atoms with E-state index < -0.39 is 0 Å². The first-order valence-electron chi connectivity index (χ1n) is 9.92. The molecule has 31 heavy (non-hydrogen) atoms. The number of fused-ring (bicyclic) bond motifs is 2. The van der Waals surface area contributed by atoms with E-state index in [-0.39, 0.29) is 5.63 Å². The summed E-state index contributed by atoms with van der Waals surface area (Å²) >= 11 is 0. The van der Waals surface area contributed by atoms with Crippen LogP contribution in [0, 0.1) is 0 Å². The Kier molecular flexibility index (Phi) is 4.75. The van der Waals surface area contributed by atoms with Gasteiger partial charge in [0.1, 0.15) is 11.3 Å². The van der Waals surface area contributed by atoms with E-state index in [1.165, 1.54) is 0 Å². The summed E-state index contributed by atoms with van der Waals surface area (Å²) in [5, 5.41) is 0.877. The highest BCUT2D eigenvalue weighted by molar-refractivity contribution is 5.94. The minimum absolute atomic E-state index is 0.372. The van der Waals surface area contributed by atoms with Crippen LogP contribution in [0.5, 0.6) is 17.2 Å². The van der Waals surface area contributed by atoms with E-state index in [0.717, 1.165) is 33.5 Å². The van der Waals surface area contributed by atoms with Crippen molar-refractivity contribution in [2.75, 3.05) is 25.9 Å². The molecule has 3 aromatic carbocycles. The molecule has 0 bridgehead atoms. The van der Waals surface area contributed by atoms with Crippen molar-refractivity contribution in [3.05, 3.63) is 82.7 Å². The Hall–Kier alpha value is -3.93. The number of methoxy groups -OCH3 is 2. The van der Waals surface area contributed by atoms with Gasteiger partial charge in [-0.2, -0.15) is 0 Å². The van der Waals surface area contributed by atoms with Crippen LogP contribution in [0.4, 0.5) is 5.69 Å². The predicted molar refractivity (Wildman–Crippen MR) is 119 cm³/mol. The van der Waals surface area contributed by atoms with Gasteiger partial charge in [0.2, 0.25) is 0 Å². The molecule has 0 amide bonds. The normalized spacial score (nSPS) is 12.9. The predicted octanol–water partition coefficient (Wildman–Crippen LogP) is 4.83. The van der Waals surface area contributed by atoms with Crippen molar-refractivity contribution < 1.29 is 18.6 Å². The zero-order valence-corrected chi connectivity index (χ0v) is 17.3. The zero-order chi connectivity index (χ0) is 21.4. The zero-order valence-electron chi connectivity index (χ0n) is 17.3. The lowest BCUT2D eigenvalue weighted by Gasteiger charge is -2.31. The maximum atomic E-state index is 12.2. The fourth-order valence-electron chi connectivity index (χ4n) is 3.93. The lowest BCUT2D eigenvalue weighted by atomic mass is 9.99. The highest BCUT2D eigenvalue weighted by Gasteiger charge is 2.21. The second kappa shape index (κ2) is 7.72. The van der Waals surface area contributed by atoms with Crippen LogP contribution < -0.4 is 24.7 Å². The third-order valence-electron chi connectivity index (χ3n) is 5.48. The highest BCUT2D eigenvalue weighted by Crippen LogP contribution is 2.37. The Labute approximate surface area is 179 Å². The van der Waals surface area contributed by atoms with E-state index in [1.54, 1.807) is 20.3 Å². The van der Waals surface area contributed by atoms with Gasteiger partial charge in [-0.15, -0.1) is 0 Å². The van der Waals surface area contributed by atoms with Gasteiger partial charge in [-0.3, -0.25) is 0 Å². The molecule has 0 saturated carbocycles. The molecule has 0 aliphatic carbocycles. The number of anilines is 1. The molecule has 0 N–H and O–H groups in total. The maximum absolute atomic E-state index is 12.2. The molecular weight excluding hydrogens is 394 g/mol. The van der Waals surface area contributed by atoms with Crippen LogP contribution in [0.25, 0.3) is 22.1 Å². The first-order valence-corrected chi connectivity index (χ1v) is 9.92. The second-order valence-electron chi connectivity index (χ2n) is 7.31. The van der Waals surface area contributed by atoms with Gasteiger partial charge >= 0.3 is 5.63 Å². The minimum Gasteiger partial charge on any atom is -0.493 e. The monoisotopic (exact) mass is 415 g/mol. The molecule has 4 aromatic rings. The Morgan fingerprint density at radius 2 is 1.71 bits per heavy atom. The van der Waals surface area contributed by atoms with Crippen LogP contribution in [-0.2, 0) is 6.54 Å². The van der Waals surface area contributed by atoms with Crippen LogP contribution in [-0.4, -0.2) is 21.0 Å². The molecule has 6 heteroatoms. The average Bonchev–Trinajstić information content (AvgIpc) is 2.82. The van der Waals surface area contributed by atoms with Gasteiger partial charge in [0.25, 0.3) is 0 Å². The summed E-state index contributed by atoms with van der Waals surface area (Å²) in [6.07, 6.45) is 0. The van der Waals surface area contributed by atoms with Crippen molar-refractivity contribution in [2.45, 2.75) is 6.54 Å². The summed E-state index contributed by atoms with van der Waals surface area (Å²) in [5.74, 6) is 2.06. The SMILES string of the molecule is COc1ccc(N2COc3cc4oc(=O)cc(-c5ccccc5)c4cc3C2)cc1OC. The van der Waals surface area contributed by atoms with Crippen molar-refractivity contribution >= 4 is 16.7 Å². The van der Waals surface area contributed by atoms with Gasteiger partial charge in [-0.25, -0.2) is 4.79 Å². The van der Waals surface area contributed by atoms with Crippen LogP contribution in [0.1, 0.15) is 5.56 Å². The number of ether oxygens (including phenoxy) is 3. The minimum atomic E-state index is -0.380. The fraction of sp³-hybridized carbons (Fsp3) is 0.160. The Morgan fingerprint density at radius 3 is 2.48 bits per heavy atom. The molecule has 156 valence electrons. The van der Waals surface area contributed by atoms with Crippen molar-refractivity contribution in [3.63, 3.8) is 0 Å². The second-order valence-corrected chi connectivity index (χ2v) is 7.31. The number of benzene rings is 3. The first kappa shape index (κ1) is 19.1. The van der Waals surface area contributed by atoms with E-state index in [9.17, 15) is 4.79 Å². The third-order valence-corrected chi connectivity index (χ3v) is 5.48. The van der Waals surface area contributed by atoms with Gasteiger partial charge in [-0.1, -0.05) is 30.3 Å². The van der Waals surface area contributed by atoms with Crippen molar-refractivity contribution in [1.29, 1.82) is 0 Å². The molecular formula is C25H21NO5. The van der Waals surface area contributed by atoms with Crippen LogP contribution >= 0.6 is 0 Å². The van der Waals surface area contributed by atoms with Crippen molar-refractivity contribution in [1.82, 2.24) is 0 Å². The molecule has 0 atom stereocenters. The molecule has 0 radical (unpaired) electrons. The van der Waals surface area contributed by atoms with Crippen molar-refractivity contribution in [2.24, 2.45) is 0 Å². The van der Waals surface area contributed by atoms with Crippen LogP contribution in [0.2, 0.25) is 0 Å². The Balaban J connectivity index is 1.57. The number of hydrogen-bond acceptors (Lipinski definition) is 6. The standard InChI is InChI=1S/C25H21NO5/c1-28-21-9-8-18(11-24(21)29-2)26-14-17-10-20-19(16-6-4-3-5-7-16)12-25(27)31-23(20)13-22(17)30-15-26/h3-13H,14-15H2,1-2H3. The molecule has 0 fully saturated rings. The Morgan fingerprint density at radius 1 is 0.903 bits per heavy atom. The first-order chi connectivity index (χ1) is 15.2. The quantitative estimate of drug-likeness (QED) is 0.445. The average molecular weight is 415 g/mol. The van der Waals surface area contributed by atoms with Gasteiger partial charge in [0.05, 0.1) is 14.2 Å². The van der Waals surface area contributed by atoms with Gasteiger partial charge in [-0.05, 0) is 29.3 Å². The molecule has 6 nitrogen and oxygen atoms in total. The molecule has 5 rings (SSSR count). The lowest BCUT2D eigenvalue weighted by molar-refractivity contribution is 0.289. The molecule has 1 aromatic heterocycles. The summed E-state index contributed by atoms with van der Waals surface area (Å²) in [7, 11) is 3.24. The van der Waals surface area contributed by atoms with Gasteiger partial charge < -0.3 is 23.5 Å². The largest absolute Gasteiger partial charge is 0.493 e. The molecule has 1 aliphatic heterocycles. The van der Waals surface area contributed by atoms with E-state index in [0.29, 0.717) is 30.4 Å². The lowest BCUT2D eigenvalue weighted by Crippen LogP contribution is -2.31. The summed E-state index contributed by atoms with van der Waals surface area (Å²) in [6, 6.07) is 21.0. The molecule has 0 unspecified atom stereocenters. The van der Waals surface area contributed by atoms with E-state index in [2.05, 4.69) is 4.90 Å². The van der Waals surface area contributed by atoms with Gasteiger partial charge in [0, 0.05) is 41.4 Å². The van der Waals surface area contributed by atoms with Crippen molar-refractivity contribution in [3.8, 4) is 28.4 Å². The van der Waals surface area contributed by atoms with Gasteiger partial charge in [0.15, 0.2) is 18.2 Å². The smallest absolute Gasteiger partial charge is 0.336 e. The molecule has 2 heterocycles. The number of nitrogens with zero attached hydrogens (tertiary/aromatic N) is 1. The molecule has 1 aliphatic rings. The number of rotatable bonds is 4. The highest BCUT2D eigenvalue weighted by atomic mass is 16.5. The summed E-state index contributed by atoms with van der Waals surface area (Å²) in [6.45, 7) is 1.02. The Bertz CT molecular complexity index is 1310. The van der Waals surface area contributed by atoms with Crippen LogP contribution in [0.15, 0.2) is 75.9 Å². The summed E-state index contributed by atoms with van der Waals surface area (Å²) in [4.78, 5) is 14.3. The van der Waals surface area contributed by atoms with E-state index in [1.807, 2.05) is 60.7 Å². The molecule has 0 saturated heterocycles. The third kappa shape index (κ3) is 3.46. The molecule has 0 spiro atoms. The topological polar surface area (TPSA) is 61.1 Å².